The van der Waals surface area contributed by atoms with E-state index in [9.17, 15) is 9.59 Å². The Balaban J connectivity index is 1.56. The van der Waals surface area contributed by atoms with Crippen LogP contribution in [0.5, 0.6) is 0 Å². The first-order chi connectivity index (χ1) is 12.4. The molecule has 1 aliphatic rings. The quantitative estimate of drug-likeness (QED) is 0.756. The number of thiazole rings is 1. The van der Waals surface area contributed by atoms with Crippen LogP contribution in [0.15, 0.2) is 18.2 Å². The Morgan fingerprint density at radius 2 is 2.27 bits per heavy atom. The Labute approximate surface area is 157 Å². The summed E-state index contributed by atoms with van der Waals surface area (Å²) in [6, 6.07) is 5.85. The molecule has 1 atom stereocenters. The third-order valence-electron chi connectivity index (χ3n) is 4.36. The van der Waals surface area contributed by atoms with E-state index in [-0.39, 0.29) is 30.3 Å². The highest BCUT2D eigenvalue weighted by molar-refractivity contribution is 7.18. The van der Waals surface area contributed by atoms with Crippen LogP contribution in [0.3, 0.4) is 0 Å². The molecule has 3 rings (SSSR count). The lowest BCUT2D eigenvalue weighted by Crippen LogP contribution is -2.34. The molecule has 2 amide bonds. The average Bonchev–Trinajstić information content (AvgIpc) is 3.15. The number of aromatic nitrogens is 1. The number of amides is 2. The Hall–Kier alpha value is -1.99. The van der Waals surface area contributed by atoms with E-state index >= 15 is 0 Å². The van der Waals surface area contributed by atoms with E-state index in [2.05, 4.69) is 10.3 Å². The van der Waals surface area contributed by atoms with Gasteiger partial charge in [-0.15, -0.1) is 11.3 Å². The van der Waals surface area contributed by atoms with Crippen molar-refractivity contribution in [2.45, 2.75) is 39.7 Å². The van der Waals surface area contributed by atoms with Gasteiger partial charge in [-0.05, 0) is 45.4 Å². The van der Waals surface area contributed by atoms with Gasteiger partial charge in [0, 0.05) is 31.8 Å². The summed E-state index contributed by atoms with van der Waals surface area (Å²) in [5.41, 5.74) is 1.71. The fourth-order valence-electron chi connectivity index (χ4n) is 3.08. The molecule has 0 saturated carbocycles. The molecule has 1 N–H and O–H groups in total. The number of rotatable bonds is 7. The minimum atomic E-state index is -0.304. The van der Waals surface area contributed by atoms with Gasteiger partial charge in [0.15, 0.2) is 0 Å². The van der Waals surface area contributed by atoms with Gasteiger partial charge in [0.05, 0.1) is 27.2 Å². The van der Waals surface area contributed by atoms with Gasteiger partial charge in [-0.1, -0.05) is 0 Å². The van der Waals surface area contributed by atoms with Crippen LogP contribution in [0, 0.1) is 12.8 Å². The summed E-state index contributed by atoms with van der Waals surface area (Å²) < 4.78 is 6.57. The van der Waals surface area contributed by atoms with Gasteiger partial charge in [-0.2, -0.15) is 0 Å². The third-order valence-corrected chi connectivity index (χ3v) is 5.31. The van der Waals surface area contributed by atoms with Gasteiger partial charge >= 0.3 is 0 Å². The van der Waals surface area contributed by atoms with Gasteiger partial charge in [0.2, 0.25) is 11.8 Å². The second-order valence-electron chi connectivity index (χ2n) is 6.85. The minimum absolute atomic E-state index is 0.0143. The summed E-state index contributed by atoms with van der Waals surface area (Å²) >= 11 is 1.64. The standard InChI is InChI=1S/C19H25N3O3S/c1-12(2)25-8-4-7-20-19(24)14-9-18(23)22(11-14)15-5-6-17-16(10-15)21-13(3)26-17/h5-6,10,12,14H,4,7-9,11H2,1-3H3,(H,20,24). The Bertz CT molecular complexity index is 802. The van der Waals surface area contributed by atoms with Crippen LogP contribution < -0.4 is 10.2 Å². The predicted octanol–water partition coefficient (Wildman–Crippen LogP) is 2.89. The molecule has 0 radical (unpaired) electrons. The number of benzene rings is 1. The fourth-order valence-corrected chi connectivity index (χ4v) is 3.89. The first kappa shape index (κ1) is 18.8. The monoisotopic (exact) mass is 375 g/mol. The normalized spacial score (nSPS) is 17.5. The molecule has 6 nitrogen and oxygen atoms in total. The number of hydrogen-bond acceptors (Lipinski definition) is 5. The molecule has 140 valence electrons. The van der Waals surface area contributed by atoms with E-state index in [0.29, 0.717) is 19.7 Å². The molecule has 2 aromatic rings. The molecule has 1 aromatic carbocycles. The minimum Gasteiger partial charge on any atom is -0.379 e. The first-order valence-electron chi connectivity index (χ1n) is 9.01. The van der Waals surface area contributed by atoms with E-state index in [1.54, 1.807) is 16.2 Å². The van der Waals surface area contributed by atoms with Crippen LogP contribution in [0.2, 0.25) is 0 Å². The Kier molecular flexibility index (Phi) is 5.88. The van der Waals surface area contributed by atoms with Crippen LogP contribution in [-0.4, -0.2) is 42.6 Å². The van der Waals surface area contributed by atoms with E-state index in [1.807, 2.05) is 39.0 Å². The number of anilines is 1. The first-order valence-corrected chi connectivity index (χ1v) is 9.82. The van der Waals surface area contributed by atoms with Gasteiger partial charge < -0.3 is 15.0 Å². The van der Waals surface area contributed by atoms with E-state index < -0.39 is 0 Å². The van der Waals surface area contributed by atoms with Crippen molar-refractivity contribution in [3.05, 3.63) is 23.2 Å². The van der Waals surface area contributed by atoms with Crippen LogP contribution in [0.25, 0.3) is 10.2 Å². The second kappa shape index (κ2) is 8.14. The molecule has 1 aromatic heterocycles. The largest absolute Gasteiger partial charge is 0.379 e. The fraction of sp³-hybridized carbons (Fsp3) is 0.526. The molecule has 1 aliphatic heterocycles. The molecule has 2 heterocycles. The smallest absolute Gasteiger partial charge is 0.227 e. The summed E-state index contributed by atoms with van der Waals surface area (Å²) in [6.45, 7) is 7.56. The van der Waals surface area contributed by atoms with Crippen LogP contribution in [0.4, 0.5) is 5.69 Å². The molecular weight excluding hydrogens is 350 g/mol. The SMILES string of the molecule is Cc1nc2cc(N3CC(C(=O)NCCCOC(C)C)CC3=O)ccc2s1. The maximum absolute atomic E-state index is 12.4. The molecule has 26 heavy (non-hydrogen) atoms. The maximum Gasteiger partial charge on any atom is 0.227 e. The van der Waals surface area contributed by atoms with Gasteiger partial charge in [0.1, 0.15) is 0 Å². The summed E-state index contributed by atoms with van der Waals surface area (Å²) in [5, 5.41) is 3.92. The second-order valence-corrected chi connectivity index (χ2v) is 8.09. The van der Waals surface area contributed by atoms with Crippen molar-refractivity contribution in [3.8, 4) is 0 Å². The van der Waals surface area contributed by atoms with Crippen molar-refractivity contribution in [1.82, 2.24) is 10.3 Å². The zero-order chi connectivity index (χ0) is 18.7. The van der Waals surface area contributed by atoms with Crippen molar-refractivity contribution < 1.29 is 14.3 Å². The molecule has 7 heteroatoms. The molecular formula is C19H25N3O3S. The van der Waals surface area contributed by atoms with Crippen molar-refractivity contribution in [2.24, 2.45) is 5.92 Å². The lowest BCUT2D eigenvalue weighted by molar-refractivity contribution is -0.126. The van der Waals surface area contributed by atoms with Crippen LogP contribution in [0.1, 0.15) is 31.7 Å². The number of nitrogens with one attached hydrogen (secondary N) is 1. The molecule has 1 saturated heterocycles. The number of carbonyl (C=O) groups excluding carboxylic acids is 2. The number of nitrogens with zero attached hydrogens (tertiary/aromatic N) is 2. The summed E-state index contributed by atoms with van der Waals surface area (Å²) in [5.74, 6) is -0.378. The number of ether oxygens (including phenoxy) is 1. The lowest BCUT2D eigenvalue weighted by atomic mass is 10.1. The van der Waals surface area contributed by atoms with Crippen LogP contribution >= 0.6 is 11.3 Å². The zero-order valence-corrected chi connectivity index (χ0v) is 16.3. The van der Waals surface area contributed by atoms with E-state index in [1.165, 1.54) is 0 Å². The van der Waals surface area contributed by atoms with Gasteiger partial charge in [0.25, 0.3) is 0 Å². The number of carbonyl (C=O) groups is 2. The average molecular weight is 375 g/mol. The summed E-state index contributed by atoms with van der Waals surface area (Å²) in [7, 11) is 0. The molecule has 1 unspecified atom stereocenters. The molecule has 0 bridgehead atoms. The summed E-state index contributed by atoms with van der Waals surface area (Å²) in [6.07, 6.45) is 1.22. The number of fused-ring (bicyclic) bond motifs is 1. The maximum atomic E-state index is 12.4. The Morgan fingerprint density at radius 1 is 1.46 bits per heavy atom. The van der Waals surface area contributed by atoms with Crippen LogP contribution in [-0.2, 0) is 14.3 Å². The van der Waals surface area contributed by atoms with E-state index in [0.717, 1.165) is 27.3 Å². The third kappa shape index (κ3) is 4.40. The highest BCUT2D eigenvalue weighted by atomic mass is 32.1. The number of aryl methyl sites for hydroxylation is 1. The molecule has 1 fully saturated rings. The van der Waals surface area contributed by atoms with Gasteiger partial charge in [-0.3, -0.25) is 9.59 Å². The lowest BCUT2D eigenvalue weighted by Gasteiger charge is -2.16. The van der Waals surface area contributed by atoms with E-state index in [4.69, 9.17) is 4.74 Å². The van der Waals surface area contributed by atoms with Crippen molar-refractivity contribution in [2.75, 3.05) is 24.6 Å². The van der Waals surface area contributed by atoms with Gasteiger partial charge in [-0.25, -0.2) is 4.98 Å². The molecule has 0 spiro atoms. The van der Waals surface area contributed by atoms with Crippen molar-refractivity contribution in [1.29, 1.82) is 0 Å². The van der Waals surface area contributed by atoms with Crippen molar-refractivity contribution in [3.63, 3.8) is 0 Å². The zero-order valence-electron chi connectivity index (χ0n) is 15.4. The Morgan fingerprint density at radius 3 is 3.04 bits per heavy atom. The predicted molar refractivity (Wildman–Crippen MR) is 104 cm³/mol. The topological polar surface area (TPSA) is 71.5 Å². The molecule has 0 aliphatic carbocycles. The highest BCUT2D eigenvalue weighted by Gasteiger charge is 2.35. The number of hydrogen-bond donors (Lipinski definition) is 1. The summed E-state index contributed by atoms with van der Waals surface area (Å²) in [4.78, 5) is 30.9. The highest BCUT2D eigenvalue weighted by Crippen LogP contribution is 2.30. The van der Waals surface area contributed by atoms with Crippen molar-refractivity contribution >= 4 is 39.1 Å².